The van der Waals surface area contributed by atoms with Crippen LogP contribution in [0, 0.1) is 0 Å². The van der Waals surface area contributed by atoms with E-state index in [9.17, 15) is 9.59 Å². The van der Waals surface area contributed by atoms with Crippen molar-refractivity contribution in [2.45, 2.75) is 13.5 Å². The Morgan fingerprint density at radius 3 is 2.52 bits per heavy atom. The molecule has 1 heterocycles. The molecule has 0 saturated heterocycles. The van der Waals surface area contributed by atoms with E-state index >= 15 is 0 Å². The fourth-order valence-electron chi connectivity index (χ4n) is 1.77. The normalized spacial score (nSPS) is 9.95. The van der Waals surface area contributed by atoms with Gasteiger partial charge in [0.1, 0.15) is 0 Å². The molecule has 0 aliphatic carbocycles. The number of aromatic nitrogens is 1. The quantitative estimate of drug-likeness (QED) is 0.796. The van der Waals surface area contributed by atoms with Crippen LogP contribution in [0.5, 0.6) is 0 Å². The van der Waals surface area contributed by atoms with E-state index < -0.39 is 0 Å². The van der Waals surface area contributed by atoms with E-state index in [1.54, 1.807) is 36.7 Å². The van der Waals surface area contributed by atoms with E-state index in [0.717, 1.165) is 11.3 Å². The topological polar surface area (TPSA) is 71.1 Å². The van der Waals surface area contributed by atoms with Crippen molar-refractivity contribution in [1.82, 2.24) is 10.3 Å². The van der Waals surface area contributed by atoms with Crippen molar-refractivity contribution in [3.05, 3.63) is 59.9 Å². The lowest BCUT2D eigenvalue weighted by atomic mass is 10.1. The highest BCUT2D eigenvalue weighted by Crippen LogP contribution is 2.09. The van der Waals surface area contributed by atoms with Gasteiger partial charge in [-0.25, -0.2) is 0 Å². The SMILES string of the molecule is CC(=O)c1ccc(NCC(=O)NCc2cccnc2)cc1. The summed E-state index contributed by atoms with van der Waals surface area (Å²) < 4.78 is 0. The van der Waals surface area contributed by atoms with Gasteiger partial charge in [0.15, 0.2) is 5.78 Å². The molecule has 1 aromatic heterocycles. The molecule has 1 amide bonds. The van der Waals surface area contributed by atoms with Gasteiger partial charge in [0, 0.05) is 30.2 Å². The predicted molar refractivity (Wildman–Crippen MR) is 81.0 cm³/mol. The molecule has 0 radical (unpaired) electrons. The summed E-state index contributed by atoms with van der Waals surface area (Å²) in [7, 11) is 0. The lowest BCUT2D eigenvalue weighted by molar-refractivity contribution is -0.119. The lowest BCUT2D eigenvalue weighted by Crippen LogP contribution is -2.29. The number of hydrogen-bond acceptors (Lipinski definition) is 4. The highest BCUT2D eigenvalue weighted by Gasteiger charge is 2.02. The molecule has 0 spiro atoms. The van der Waals surface area contributed by atoms with Crippen LogP contribution in [-0.4, -0.2) is 23.2 Å². The third-order valence-electron chi connectivity index (χ3n) is 2.96. The van der Waals surface area contributed by atoms with Crippen LogP contribution in [0.3, 0.4) is 0 Å². The number of amides is 1. The third-order valence-corrected chi connectivity index (χ3v) is 2.96. The summed E-state index contributed by atoms with van der Waals surface area (Å²) in [5, 5.41) is 5.81. The van der Waals surface area contributed by atoms with Crippen molar-refractivity contribution in [2.24, 2.45) is 0 Å². The summed E-state index contributed by atoms with van der Waals surface area (Å²) in [5.74, 6) is -0.0785. The number of benzene rings is 1. The maximum absolute atomic E-state index is 11.7. The number of carbonyl (C=O) groups is 2. The number of anilines is 1. The average molecular weight is 283 g/mol. The minimum absolute atomic E-state index is 0.0239. The van der Waals surface area contributed by atoms with Crippen LogP contribution in [0.1, 0.15) is 22.8 Å². The molecule has 0 saturated carbocycles. The van der Waals surface area contributed by atoms with Crippen LogP contribution in [-0.2, 0) is 11.3 Å². The van der Waals surface area contributed by atoms with Crippen molar-refractivity contribution in [3.63, 3.8) is 0 Å². The summed E-state index contributed by atoms with van der Waals surface area (Å²) >= 11 is 0. The van der Waals surface area contributed by atoms with Crippen molar-refractivity contribution in [1.29, 1.82) is 0 Å². The first-order valence-electron chi connectivity index (χ1n) is 6.65. The third kappa shape index (κ3) is 4.72. The summed E-state index contributed by atoms with van der Waals surface area (Å²) in [5.41, 5.74) is 2.41. The van der Waals surface area contributed by atoms with Crippen molar-refractivity contribution in [2.75, 3.05) is 11.9 Å². The summed E-state index contributed by atoms with van der Waals surface area (Å²) in [6, 6.07) is 10.8. The van der Waals surface area contributed by atoms with Gasteiger partial charge in [0.2, 0.25) is 5.91 Å². The van der Waals surface area contributed by atoms with E-state index in [-0.39, 0.29) is 18.2 Å². The molecule has 5 heteroatoms. The Bertz CT molecular complexity index is 609. The van der Waals surface area contributed by atoms with Gasteiger partial charge in [-0.15, -0.1) is 0 Å². The molecule has 2 N–H and O–H groups in total. The highest BCUT2D eigenvalue weighted by atomic mass is 16.1. The second kappa shape index (κ2) is 7.19. The number of pyridine rings is 1. The fraction of sp³-hybridized carbons (Fsp3) is 0.188. The number of rotatable bonds is 6. The molecule has 1 aromatic carbocycles. The molecule has 0 unspecified atom stereocenters. The Morgan fingerprint density at radius 1 is 1.14 bits per heavy atom. The smallest absolute Gasteiger partial charge is 0.239 e. The number of hydrogen-bond donors (Lipinski definition) is 2. The van der Waals surface area contributed by atoms with E-state index in [4.69, 9.17) is 0 Å². The molecule has 0 aliphatic rings. The molecule has 2 aromatic rings. The molecular weight excluding hydrogens is 266 g/mol. The molecule has 2 rings (SSSR count). The Balaban J connectivity index is 1.77. The van der Waals surface area contributed by atoms with Crippen molar-refractivity contribution >= 4 is 17.4 Å². The molecule has 5 nitrogen and oxygen atoms in total. The molecule has 0 atom stereocenters. The second-order valence-electron chi connectivity index (χ2n) is 4.63. The number of nitrogens with zero attached hydrogens (tertiary/aromatic N) is 1. The standard InChI is InChI=1S/C16H17N3O2/c1-12(20)14-4-6-15(7-5-14)18-11-16(21)19-10-13-3-2-8-17-9-13/h2-9,18H,10-11H2,1H3,(H,19,21). The Hall–Kier alpha value is -2.69. The zero-order valence-corrected chi connectivity index (χ0v) is 11.8. The molecule has 21 heavy (non-hydrogen) atoms. The predicted octanol–water partition coefficient (Wildman–Crippen LogP) is 2.01. The first kappa shape index (κ1) is 14.7. The van der Waals surface area contributed by atoms with Crippen LogP contribution in [0.2, 0.25) is 0 Å². The first-order chi connectivity index (χ1) is 10.1. The Morgan fingerprint density at radius 2 is 1.90 bits per heavy atom. The average Bonchev–Trinajstić information content (AvgIpc) is 2.52. The summed E-state index contributed by atoms with van der Waals surface area (Å²) in [4.78, 5) is 26.9. The molecule has 0 aliphatic heterocycles. The van der Waals surface area contributed by atoms with Crippen LogP contribution >= 0.6 is 0 Å². The summed E-state index contributed by atoms with van der Waals surface area (Å²) in [6.07, 6.45) is 3.41. The van der Waals surface area contributed by atoms with E-state index in [0.29, 0.717) is 12.1 Å². The molecule has 108 valence electrons. The van der Waals surface area contributed by atoms with Gasteiger partial charge in [-0.1, -0.05) is 6.07 Å². The van der Waals surface area contributed by atoms with Gasteiger partial charge < -0.3 is 10.6 Å². The Labute approximate surface area is 123 Å². The zero-order valence-electron chi connectivity index (χ0n) is 11.8. The van der Waals surface area contributed by atoms with Gasteiger partial charge in [-0.05, 0) is 42.8 Å². The fourth-order valence-corrected chi connectivity index (χ4v) is 1.77. The number of carbonyl (C=O) groups excluding carboxylic acids is 2. The van der Waals surface area contributed by atoms with Gasteiger partial charge in [-0.2, -0.15) is 0 Å². The number of nitrogens with one attached hydrogen (secondary N) is 2. The maximum Gasteiger partial charge on any atom is 0.239 e. The minimum atomic E-state index is -0.102. The van der Waals surface area contributed by atoms with E-state index in [1.165, 1.54) is 6.92 Å². The summed E-state index contributed by atoms with van der Waals surface area (Å²) in [6.45, 7) is 2.16. The second-order valence-corrected chi connectivity index (χ2v) is 4.63. The van der Waals surface area contributed by atoms with Crippen LogP contribution in [0.15, 0.2) is 48.8 Å². The van der Waals surface area contributed by atoms with Gasteiger partial charge in [0.25, 0.3) is 0 Å². The van der Waals surface area contributed by atoms with E-state index in [2.05, 4.69) is 15.6 Å². The van der Waals surface area contributed by atoms with Crippen LogP contribution in [0.4, 0.5) is 5.69 Å². The van der Waals surface area contributed by atoms with Crippen molar-refractivity contribution < 1.29 is 9.59 Å². The maximum atomic E-state index is 11.7. The van der Waals surface area contributed by atoms with Gasteiger partial charge in [0.05, 0.1) is 6.54 Å². The zero-order chi connectivity index (χ0) is 15.1. The van der Waals surface area contributed by atoms with Crippen LogP contribution in [0.25, 0.3) is 0 Å². The Kier molecular flexibility index (Phi) is 5.04. The van der Waals surface area contributed by atoms with Crippen molar-refractivity contribution in [3.8, 4) is 0 Å². The first-order valence-corrected chi connectivity index (χ1v) is 6.65. The number of Topliss-reactive ketones (excluding diaryl/α,β-unsaturated/α-hetero) is 1. The minimum Gasteiger partial charge on any atom is -0.376 e. The van der Waals surface area contributed by atoms with Gasteiger partial charge >= 0.3 is 0 Å². The molecule has 0 bridgehead atoms. The van der Waals surface area contributed by atoms with Crippen LogP contribution < -0.4 is 10.6 Å². The molecular formula is C16H17N3O2. The lowest BCUT2D eigenvalue weighted by Gasteiger charge is -2.08. The largest absolute Gasteiger partial charge is 0.376 e. The van der Waals surface area contributed by atoms with E-state index in [1.807, 2.05) is 12.1 Å². The number of ketones is 1. The highest BCUT2D eigenvalue weighted by molar-refractivity contribution is 5.94. The monoisotopic (exact) mass is 283 g/mol. The molecule has 0 fully saturated rings. The van der Waals surface area contributed by atoms with Gasteiger partial charge in [-0.3, -0.25) is 14.6 Å².